The van der Waals surface area contributed by atoms with E-state index in [-0.39, 0.29) is 51.8 Å². The number of nitrogens with zero attached hydrogens (tertiary/aromatic N) is 3. The molecule has 0 radical (unpaired) electrons. The van der Waals surface area contributed by atoms with E-state index in [0.717, 1.165) is 80.6 Å². The van der Waals surface area contributed by atoms with Gasteiger partial charge in [0.15, 0.2) is 43.0 Å². The number of esters is 7. The Bertz CT molecular complexity index is 2710. The number of amides is 1. The predicted molar refractivity (Wildman–Crippen MR) is 287 cm³/mol. The van der Waals surface area contributed by atoms with Crippen molar-refractivity contribution in [1.29, 1.82) is 0 Å². The summed E-state index contributed by atoms with van der Waals surface area (Å²) >= 11 is 0. The van der Waals surface area contributed by atoms with Crippen LogP contribution in [0.1, 0.15) is 167 Å². The fourth-order valence-electron chi connectivity index (χ4n) is 16.3. The van der Waals surface area contributed by atoms with Crippen molar-refractivity contribution >= 4 is 47.7 Å². The Morgan fingerprint density at radius 3 is 1.77 bits per heavy atom. The molecule has 24 heteroatoms. The summed E-state index contributed by atoms with van der Waals surface area (Å²) < 4.78 is 59.6. The lowest BCUT2D eigenvalue weighted by molar-refractivity contribution is -0.349. The van der Waals surface area contributed by atoms with E-state index in [4.69, 9.17) is 47.4 Å². The minimum Gasteiger partial charge on any atom is -0.463 e. The molecule has 1 aromatic rings. The summed E-state index contributed by atoms with van der Waals surface area (Å²) in [5.74, 6) is -6.02. The number of hydrogen-bond donors (Lipinski definition) is 3. The lowest BCUT2D eigenvalue weighted by Gasteiger charge is -2.71. The van der Waals surface area contributed by atoms with Crippen LogP contribution < -0.4 is 5.32 Å². The zero-order chi connectivity index (χ0) is 61.1. The van der Waals surface area contributed by atoms with Crippen LogP contribution in [0.5, 0.6) is 0 Å². The second-order valence-electron chi connectivity index (χ2n) is 26.4. The summed E-state index contributed by atoms with van der Waals surface area (Å²) in [4.78, 5) is 104. The molecule has 4 saturated carbocycles. The molecular weight excluding hydrogens is 1080 g/mol. The van der Waals surface area contributed by atoms with Crippen LogP contribution in [0.2, 0.25) is 0 Å². The van der Waals surface area contributed by atoms with E-state index in [1.807, 2.05) is 0 Å². The van der Waals surface area contributed by atoms with Crippen molar-refractivity contribution in [3.05, 3.63) is 23.5 Å². The molecule has 6 fully saturated rings. The molecule has 0 spiro atoms. The summed E-state index contributed by atoms with van der Waals surface area (Å²) in [5.41, 5.74) is -0.652. The third kappa shape index (κ3) is 12.1. The van der Waals surface area contributed by atoms with Gasteiger partial charge in [-0.2, -0.15) is 0 Å². The van der Waals surface area contributed by atoms with Crippen LogP contribution in [-0.2, 0) is 92.3 Å². The van der Waals surface area contributed by atoms with Crippen LogP contribution in [-0.4, -0.2) is 153 Å². The van der Waals surface area contributed by atoms with Gasteiger partial charge >= 0.3 is 41.8 Å². The summed E-state index contributed by atoms with van der Waals surface area (Å²) in [6.07, 6.45) is -7.17. The van der Waals surface area contributed by atoms with Crippen LogP contribution in [0, 0.1) is 50.2 Å². The van der Waals surface area contributed by atoms with E-state index < -0.39 is 133 Å². The topological polar surface area (TPSA) is 312 Å². The van der Waals surface area contributed by atoms with Gasteiger partial charge in [-0.25, -0.2) is 4.68 Å². The molecular formula is C59H86N4O20. The highest BCUT2D eigenvalue weighted by molar-refractivity contribution is 5.85. The van der Waals surface area contributed by atoms with Crippen LogP contribution in [0.25, 0.3) is 0 Å². The summed E-state index contributed by atoms with van der Waals surface area (Å²) in [6, 6.07) is 0. The molecule has 83 heavy (non-hydrogen) atoms. The lowest BCUT2D eigenvalue weighted by atomic mass is 9.33. The average Bonchev–Trinajstić information content (AvgIpc) is 1.02. The number of aromatic nitrogens is 3. The first-order chi connectivity index (χ1) is 38.7. The number of nitrogens with one attached hydrogen (secondary N) is 1. The van der Waals surface area contributed by atoms with Gasteiger partial charge in [-0.15, -0.1) is 5.10 Å². The first-order valence-corrected chi connectivity index (χ1v) is 29.0. The Balaban J connectivity index is 1.09. The number of allylic oxidation sites excluding steroid dienone is 2. The Morgan fingerprint density at radius 1 is 0.627 bits per heavy atom. The number of hydrogen-bond acceptors (Lipinski definition) is 22. The molecule has 3 unspecified atom stereocenters. The van der Waals surface area contributed by atoms with E-state index in [2.05, 4.69) is 70.2 Å². The van der Waals surface area contributed by atoms with E-state index >= 15 is 4.79 Å². The van der Waals surface area contributed by atoms with Gasteiger partial charge in [0.25, 0.3) is 0 Å². The van der Waals surface area contributed by atoms with Crippen molar-refractivity contribution in [2.24, 2.45) is 50.2 Å². The van der Waals surface area contributed by atoms with Crippen molar-refractivity contribution < 1.29 is 95.9 Å². The second kappa shape index (κ2) is 23.7. The normalized spacial score (nSPS) is 39.5. The van der Waals surface area contributed by atoms with E-state index in [1.54, 1.807) is 0 Å². The molecule has 1 amide bonds. The van der Waals surface area contributed by atoms with Gasteiger partial charge < -0.3 is 62.9 Å². The third-order valence-corrected chi connectivity index (χ3v) is 20.2. The van der Waals surface area contributed by atoms with E-state index in [9.17, 15) is 43.8 Å². The molecule has 2 aliphatic heterocycles. The van der Waals surface area contributed by atoms with Crippen molar-refractivity contribution in [2.45, 2.75) is 235 Å². The second-order valence-corrected chi connectivity index (χ2v) is 26.4. The summed E-state index contributed by atoms with van der Waals surface area (Å²) in [6.45, 7) is 22.2. The number of aliphatic hydroxyl groups is 2. The van der Waals surface area contributed by atoms with Crippen molar-refractivity contribution in [3.63, 3.8) is 0 Å². The summed E-state index contributed by atoms with van der Waals surface area (Å²) in [7, 11) is 0. The van der Waals surface area contributed by atoms with Crippen molar-refractivity contribution in [2.75, 3.05) is 13.2 Å². The molecule has 0 aromatic carbocycles. The Labute approximate surface area is 484 Å². The number of ether oxygens (including phenoxy) is 10. The van der Waals surface area contributed by atoms with Gasteiger partial charge in [0.2, 0.25) is 5.91 Å². The van der Waals surface area contributed by atoms with Gasteiger partial charge in [0, 0.05) is 48.5 Å². The Morgan fingerprint density at radius 2 is 1.18 bits per heavy atom. The minimum absolute atomic E-state index is 0.0173. The van der Waals surface area contributed by atoms with Crippen molar-refractivity contribution in [1.82, 2.24) is 20.3 Å². The summed E-state index contributed by atoms with van der Waals surface area (Å²) in [5, 5.41) is 35.9. The molecule has 462 valence electrons. The van der Waals surface area contributed by atoms with E-state index in [1.165, 1.54) is 16.5 Å². The lowest BCUT2D eigenvalue weighted by Crippen LogP contribution is -2.68. The van der Waals surface area contributed by atoms with Gasteiger partial charge in [0.1, 0.15) is 37.2 Å². The Hall–Kier alpha value is -5.56. The fourth-order valence-corrected chi connectivity index (χ4v) is 16.3. The molecule has 8 rings (SSSR count). The molecule has 1 aromatic heterocycles. The zero-order valence-corrected chi connectivity index (χ0v) is 50.4. The quantitative estimate of drug-likeness (QED) is 0.120. The van der Waals surface area contributed by atoms with Crippen LogP contribution in [0.3, 0.4) is 0 Å². The van der Waals surface area contributed by atoms with Crippen LogP contribution >= 0.6 is 0 Å². The first kappa shape index (κ1) is 63.5. The maximum Gasteiger partial charge on any atom is 0.303 e. The monoisotopic (exact) mass is 1170 g/mol. The maximum absolute atomic E-state index is 15.3. The number of rotatable bonds is 15. The smallest absolute Gasteiger partial charge is 0.303 e. The zero-order valence-electron chi connectivity index (χ0n) is 50.4. The SMILES string of the molecule is CC(=O)OC[C@@H]1O[C@H](n2cc(CNC(=O)[C@]34CCC(C)(C)CC3C3=CCC5[C@@]6(C)CC[C@H](O)C(C)(C)C6CC[C@@]5(C)[C@]3(C)C[C@H]4O)nn2)[C@@H](OC(C)=O)[C@H](OC(C)=O)[C@H]1O[C@@H]1O[C@@H](COC(C)=O)[C@H](OC(C)=O)[C@@H](OC(C)=O)[C@@H]1OC(C)=O. The van der Waals surface area contributed by atoms with Crippen LogP contribution in [0.4, 0.5) is 0 Å². The highest BCUT2D eigenvalue weighted by Crippen LogP contribution is 2.76. The fraction of sp³-hybridized carbons (Fsp3) is 0.797. The molecule has 3 heterocycles. The largest absolute Gasteiger partial charge is 0.463 e. The average molecular weight is 1170 g/mol. The number of fused-ring (bicyclic) bond motifs is 7. The minimum atomic E-state index is -1.87. The van der Waals surface area contributed by atoms with E-state index in [0.29, 0.717) is 37.5 Å². The molecule has 7 aliphatic rings. The molecule has 2 saturated heterocycles. The Kier molecular flexibility index (Phi) is 18.1. The van der Waals surface area contributed by atoms with Crippen molar-refractivity contribution in [3.8, 4) is 0 Å². The number of carbonyl (C=O) groups excluding carboxylic acids is 8. The van der Waals surface area contributed by atoms with Gasteiger partial charge in [-0.05, 0) is 103 Å². The highest BCUT2D eigenvalue weighted by Gasteiger charge is 2.71. The first-order valence-electron chi connectivity index (χ1n) is 29.0. The predicted octanol–water partition coefficient (Wildman–Crippen LogP) is 4.82. The van der Waals surface area contributed by atoms with Gasteiger partial charge in [-0.3, -0.25) is 38.4 Å². The van der Waals surface area contributed by atoms with Crippen LogP contribution in [0.15, 0.2) is 17.8 Å². The number of carbonyl (C=O) groups is 8. The highest BCUT2D eigenvalue weighted by atomic mass is 16.8. The standard InChI is InChI=1S/C59H86N4O20/c1-29(64)74-27-39-46(83-52-50(80-35(7)70)48(78-33(5)68)45(76-31(3)66)40(82-52)28-75-30(2)65)47(77-32(4)67)49(79-34(6)69)51(81-39)63-26-36(61-62-63)25-60-53(73)59-22-21-54(8,9)23-38(59)37-15-16-42-56(12)19-18-43(71)55(10,11)41(56)17-20-57(42,13)58(37,14)24-44(59)72/h15,26,38-52,71-72H,16-25,27-28H2,1-14H3,(H,60,73)/t38?,39-,40-,41?,42?,43-,44+,45-,46-,47+,48+,49-,50-,51-,52-,56-,57+,58+,59+/m0/s1. The van der Waals surface area contributed by atoms with Gasteiger partial charge in [0.05, 0.1) is 30.4 Å². The molecule has 3 N–H and O–H groups in total. The maximum atomic E-state index is 15.3. The molecule has 0 bridgehead atoms. The third-order valence-electron chi connectivity index (χ3n) is 20.2. The molecule has 5 aliphatic carbocycles. The molecule has 19 atom stereocenters. The number of aliphatic hydroxyl groups excluding tert-OH is 2. The van der Waals surface area contributed by atoms with Gasteiger partial charge in [-0.1, -0.05) is 65.3 Å². The molecule has 24 nitrogen and oxygen atoms in total.